The predicted molar refractivity (Wildman–Crippen MR) is 116 cm³/mol. The van der Waals surface area contributed by atoms with Gasteiger partial charge in [-0.25, -0.2) is 8.78 Å². The second-order valence-corrected chi connectivity index (χ2v) is 8.30. The van der Waals surface area contributed by atoms with Crippen molar-refractivity contribution in [1.29, 1.82) is 0 Å². The molecule has 0 radical (unpaired) electrons. The van der Waals surface area contributed by atoms with Gasteiger partial charge in [0.1, 0.15) is 10.5 Å². The van der Waals surface area contributed by atoms with Gasteiger partial charge in [-0.15, -0.1) is 0 Å². The van der Waals surface area contributed by atoms with Crippen molar-refractivity contribution in [3.8, 4) is 16.9 Å². The van der Waals surface area contributed by atoms with Gasteiger partial charge in [-0.3, -0.25) is 4.79 Å². The first kappa shape index (κ1) is 20.8. The van der Waals surface area contributed by atoms with Crippen molar-refractivity contribution in [2.75, 3.05) is 31.1 Å². The first-order valence-electron chi connectivity index (χ1n) is 8.94. The fraction of sp³-hybridized carbons (Fsp3) is 0.200. The van der Waals surface area contributed by atoms with Crippen LogP contribution in [0.15, 0.2) is 30.9 Å². The molecule has 5 nitrogen and oxygen atoms in total. The third-order valence-electron chi connectivity index (χ3n) is 5.01. The molecule has 0 unspecified atom stereocenters. The molecule has 1 fully saturated rings. The number of phenolic OH excluding ortho intramolecular Hbond substituents is 1. The van der Waals surface area contributed by atoms with Crippen LogP contribution in [0.4, 0.5) is 13.8 Å². The van der Waals surface area contributed by atoms with Crippen molar-refractivity contribution in [1.82, 2.24) is 9.27 Å². The van der Waals surface area contributed by atoms with Crippen LogP contribution in [0.3, 0.4) is 0 Å². The number of benzene rings is 2. The van der Waals surface area contributed by atoms with Gasteiger partial charge in [0.05, 0.1) is 10.0 Å². The number of fused-ring (bicyclic) bond motifs is 1. The summed E-state index contributed by atoms with van der Waals surface area (Å²) in [6.45, 7) is 5.66. The maximum atomic E-state index is 15.4. The van der Waals surface area contributed by atoms with E-state index in [-0.39, 0.29) is 32.6 Å². The lowest BCUT2D eigenvalue weighted by Gasteiger charge is -2.34. The molecule has 10 heteroatoms. The van der Waals surface area contributed by atoms with Crippen LogP contribution >= 0.6 is 34.7 Å². The van der Waals surface area contributed by atoms with Gasteiger partial charge >= 0.3 is 0 Å². The molecule has 0 aliphatic carbocycles. The number of carbonyl (C=O) groups excluding carboxylic acids is 1. The molecule has 2 aromatic carbocycles. The van der Waals surface area contributed by atoms with E-state index in [1.54, 1.807) is 11.0 Å². The van der Waals surface area contributed by atoms with E-state index in [1.165, 1.54) is 6.08 Å². The molecule has 1 aliphatic rings. The molecule has 1 aromatic heterocycles. The van der Waals surface area contributed by atoms with Crippen LogP contribution in [0, 0.1) is 11.6 Å². The minimum absolute atomic E-state index is 0.0530. The van der Waals surface area contributed by atoms with E-state index in [9.17, 15) is 14.3 Å². The zero-order chi connectivity index (χ0) is 21.6. The first-order valence-corrected chi connectivity index (χ1v) is 10.5. The van der Waals surface area contributed by atoms with Gasteiger partial charge in [0.25, 0.3) is 0 Å². The number of aromatic hydroxyl groups is 1. The summed E-state index contributed by atoms with van der Waals surface area (Å²) in [6.07, 6.45) is 1.28. The molecule has 4 rings (SSSR count). The van der Waals surface area contributed by atoms with Gasteiger partial charge < -0.3 is 14.9 Å². The molecular weight excluding hydrogens is 455 g/mol. The maximum Gasteiger partial charge on any atom is 0.246 e. The van der Waals surface area contributed by atoms with Crippen molar-refractivity contribution in [2.24, 2.45) is 0 Å². The minimum Gasteiger partial charge on any atom is -0.505 e. The van der Waals surface area contributed by atoms with Crippen LogP contribution in [0.5, 0.6) is 5.75 Å². The molecule has 30 heavy (non-hydrogen) atoms. The van der Waals surface area contributed by atoms with E-state index in [2.05, 4.69) is 11.0 Å². The van der Waals surface area contributed by atoms with Gasteiger partial charge in [-0.1, -0.05) is 29.8 Å². The third kappa shape index (κ3) is 3.49. The number of piperazine rings is 1. The minimum atomic E-state index is -0.911. The zero-order valence-electron chi connectivity index (χ0n) is 15.5. The molecule has 0 bridgehead atoms. The summed E-state index contributed by atoms with van der Waals surface area (Å²) in [5.74, 6) is -2.39. The molecule has 0 atom stereocenters. The van der Waals surface area contributed by atoms with Crippen LogP contribution < -0.4 is 4.90 Å². The van der Waals surface area contributed by atoms with Crippen LogP contribution in [-0.4, -0.2) is 46.5 Å². The highest BCUT2D eigenvalue weighted by atomic mass is 35.5. The fourth-order valence-corrected chi connectivity index (χ4v) is 4.91. The Morgan fingerprint density at radius 1 is 1.17 bits per heavy atom. The average Bonchev–Trinajstić information content (AvgIpc) is 3.15. The quantitative estimate of drug-likeness (QED) is 0.542. The molecule has 1 saturated heterocycles. The van der Waals surface area contributed by atoms with Crippen molar-refractivity contribution in [2.45, 2.75) is 0 Å². The second-order valence-electron chi connectivity index (χ2n) is 6.73. The van der Waals surface area contributed by atoms with Crippen molar-refractivity contribution in [3.63, 3.8) is 0 Å². The Kier molecular flexibility index (Phi) is 5.57. The number of anilines is 1. The highest BCUT2D eigenvalue weighted by molar-refractivity contribution is 7.11. The van der Waals surface area contributed by atoms with Gasteiger partial charge in [0.2, 0.25) is 5.91 Å². The number of carbonyl (C=O) groups is 1. The summed E-state index contributed by atoms with van der Waals surface area (Å²) in [5.41, 5.74) is 0.132. The highest BCUT2D eigenvalue weighted by Gasteiger charge is 2.26. The van der Waals surface area contributed by atoms with E-state index in [1.807, 2.05) is 4.90 Å². The summed E-state index contributed by atoms with van der Waals surface area (Å²) < 4.78 is 33.1. The van der Waals surface area contributed by atoms with Crippen molar-refractivity contribution < 1.29 is 18.7 Å². The largest absolute Gasteiger partial charge is 0.505 e. The maximum absolute atomic E-state index is 15.4. The van der Waals surface area contributed by atoms with Gasteiger partial charge in [-0.05, 0) is 35.8 Å². The van der Waals surface area contributed by atoms with E-state index < -0.39 is 17.4 Å². The molecule has 0 spiro atoms. The topological polar surface area (TPSA) is 56.7 Å². The number of aromatic nitrogens is 1. The summed E-state index contributed by atoms with van der Waals surface area (Å²) in [4.78, 5) is 15.5. The SMILES string of the molecule is C=CC(=O)N1CCN(c2snc3c(F)c(-c4cc(O)c(F)cc4Cl)c(Cl)cc23)CC1. The zero-order valence-corrected chi connectivity index (χ0v) is 17.8. The van der Waals surface area contributed by atoms with Crippen molar-refractivity contribution in [3.05, 3.63) is 52.5 Å². The normalized spacial score (nSPS) is 14.4. The second kappa shape index (κ2) is 8.02. The number of amides is 1. The number of phenols is 1. The van der Waals surface area contributed by atoms with Crippen LogP contribution in [0.2, 0.25) is 10.0 Å². The smallest absolute Gasteiger partial charge is 0.246 e. The highest BCUT2D eigenvalue weighted by Crippen LogP contribution is 2.44. The number of hydrogen-bond acceptors (Lipinski definition) is 5. The summed E-state index contributed by atoms with van der Waals surface area (Å²) in [5, 5.41) is 11.0. The number of rotatable bonds is 3. The Hall–Kier alpha value is -2.42. The third-order valence-corrected chi connectivity index (χ3v) is 6.54. The Bertz CT molecular complexity index is 1180. The number of hydrogen-bond donors (Lipinski definition) is 1. The Morgan fingerprint density at radius 2 is 1.87 bits per heavy atom. The van der Waals surface area contributed by atoms with Crippen LogP contribution in [-0.2, 0) is 4.79 Å². The van der Waals surface area contributed by atoms with Crippen LogP contribution in [0.1, 0.15) is 0 Å². The van der Waals surface area contributed by atoms with E-state index in [4.69, 9.17) is 23.2 Å². The van der Waals surface area contributed by atoms with E-state index in [0.29, 0.717) is 31.6 Å². The lowest BCUT2D eigenvalue weighted by molar-refractivity contribution is -0.126. The van der Waals surface area contributed by atoms with Gasteiger partial charge in [0.15, 0.2) is 17.4 Å². The molecule has 0 saturated carbocycles. The van der Waals surface area contributed by atoms with E-state index in [0.717, 1.165) is 28.7 Å². The number of halogens is 4. The average molecular weight is 470 g/mol. The summed E-state index contributed by atoms with van der Waals surface area (Å²) in [7, 11) is 0. The lowest BCUT2D eigenvalue weighted by Crippen LogP contribution is -2.48. The number of nitrogens with zero attached hydrogens (tertiary/aromatic N) is 3. The Balaban J connectivity index is 1.74. The molecule has 1 amide bonds. The molecule has 156 valence electrons. The van der Waals surface area contributed by atoms with Gasteiger partial charge in [-0.2, -0.15) is 4.37 Å². The molecule has 2 heterocycles. The Labute approximate surface area is 184 Å². The summed E-state index contributed by atoms with van der Waals surface area (Å²) >= 11 is 13.6. The van der Waals surface area contributed by atoms with Crippen molar-refractivity contribution >= 4 is 56.5 Å². The molecule has 3 aromatic rings. The lowest BCUT2D eigenvalue weighted by atomic mass is 10.0. The Morgan fingerprint density at radius 3 is 2.53 bits per heavy atom. The van der Waals surface area contributed by atoms with Crippen LogP contribution in [0.25, 0.3) is 22.0 Å². The first-order chi connectivity index (χ1) is 14.3. The molecular formula is C20H15Cl2F2N3O2S. The molecule has 1 N–H and O–H groups in total. The summed E-state index contributed by atoms with van der Waals surface area (Å²) in [6, 6.07) is 3.53. The molecule has 1 aliphatic heterocycles. The fourth-order valence-electron chi connectivity index (χ4n) is 3.46. The monoisotopic (exact) mass is 469 g/mol. The van der Waals surface area contributed by atoms with E-state index >= 15 is 4.39 Å². The van der Waals surface area contributed by atoms with Gasteiger partial charge in [0, 0.05) is 42.7 Å². The standard InChI is InChI=1S/C20H15Cl2F2N3O2S/c1-2-16(29)26-3-5-27(6-4-26)20-11-7-13(22)17(18(24)19(11)25-30-20)10-8-15(28)14(23)9-12(10)21/h2,7-9,28H,1,3-6H2. The predicted octanol–water partition coefficient (Wildman–Crippen LogP) is 5.09.